The summed E-state index contributed by atoms with van der Waals surface area (Å²) >= 11 is 0. The molecule has 0 amide bonds. The van der Waals surface area contributed by atoms with Crippen LogP contribution in [-0.2, 0) is 0 Å². The summed E-state index contributed by atoms with van der Waals surface area (Å²) in [5.41, 5.74) is 0.369. The average molecular weight is 316 g/mol. The zero-order valence-corrected chi connectivity index (χ0v) is 12.9. The molecule has 2 N–H and O–H groups in total. The molecule has 0 aliphatic rings. The Hall–Kier alpha value is -3.02. The Morgan fingerprint density at radius 3 is 2.09 bits per heavy atom. The molecule has 6 heteroatoms. The number of hydrogen-bond donors (Lipinski definition) is 2. The summed E-state index contributed by atoms with van der Waals surface area (Å²) in [6.07, 6.45) is 0. The number of ether oxygens (including phenoxy) is 2. The molecule has 0 spiro atoms. The number of benzene rings is 2. The maximum absolute atomic E-state index is 12.6. The predicted octanol–water partition coefficient (Wildman–Crippen LogP) is 2.55. The van der Waals surface area contributed by atoms with Gasteiger partial charge >= 0.3 is 0 Å². The molecule has 0 heterocycles. The van der Waals surface area contributed by atoms with Crippen molar-refractivity contribution in [1.29, 1.82) is 0 Å². The lowest BCUT2D eigenvalue weighted by molar-refractivity contribution is 0.101. The van der Waals surface area contributed by atoms with E-state index in [0.717, 1.165) is 0 Å². The monoisotopic (exact) mass is 316 g/mol. The highest BCUT2D eigenvalue weighted by molar-refractivity contribution is 6.12. The standard InChI is InChI=1S/C17H16O6/c1-9(18)11-6-12(17(21)15(8-11)23-3)16(20)10-4-5-13(19)14(7-10)22-2/h4-8,19,21H,1-3H3. The van der Waals surface area contributed by atoms with E-state index in [9.17, 15) is 19.8 Å². The molecule has 23 heavy (non-hydrogen) atoms. The van der Waals surface area contributed by atoms with E-state index < -0.39 is 5.78 Å². The zero-order chi connectivity index (χ0) is 17.1. The molecular weight excluding hydrogens is 300 g/mol. The van der Waals surface area contributed by atoms with Gasteiger partial charge in [0.1, 0.15) is 0 Å². The normalized spacial score (nSPS) is 10.2. The van der Waals surface area contributed by atoms with Gasteiger partial charge < -0.3 is 19.7 Å². The number of rotatable bonds is 5. The van der Waals surface area contributed by atoms with Crippen LogP contribution in [0.5, 0.6) is 23.0 Å². The van der Waals surface area contributed by atoms with Gasteiger partial charge in [0, 0.05) is 11.1 Å². The van der Waals surface area contributed by atoms with Crippen LogP contribution >= 0.6 is 0 Å². The van der Waals surface area contributed by atoms with Gasteiger partial charge in [-0.25, -0.2) is 0 Å². The van der Waals surface area contributed by atoms with E-state index >= 15 is 0 Å². The first-order valence-electron chi connectivity index (χ1n) is 6.72. The molecule has 0 aliphatic carbocycles. The topological polar surface area (TPSA) is 93.1 Å². The highest BCUT2D eigenvalue weighted by atomic mass is 16.5. The Kier molecular flexibility index (Phi) is 4.55. The first-order chi connectivity index (χ1) is 10.9. The summed E-state index contributed by atoms with van der Waals surface area (Å²) in [5.74, 6) is -1.09. The van der Waals surface area contributed by atoms with Crippen molar-refractivity contribution in [1.82, 2.24) is 0 Å². The van der Waals surface area contributed by atoms with Crippen molar-refractivity contribution >= 4 is 11.6 Å². The van der Waals surface area contributed by atoms with Crippen LogP contribution in [-0.4, -0.2) is 36.0 Å². The Labute approximate surface area is 132 Å². The Morgan fingerprint density at radius 2 is 1.52 bits per heavy atom. The summed E-state index contributed by atoms with van der Waals surface area (Å²) in [6.45, 7) is 1.35. The van der Waals surface area contributed by atoms with Crippen LogP contribution in [0.25, 0.3) is 0 Å². The van der Waals surface area contributed by atoms with Gasteiger partial charge in [-0.2, -0.15) is 0 Å². The Balaban J connectivity index is 2.58. The summed E-state index contributed by atoms with van der Waals surface area (Å²) in [4.78, 5) is 24.2. The predicted molar refractivity (Wildman–Crippen MR) is 82.8 cm³/mol. The van der Waals surface area contributed by atoms with Crippen LogP contribution in [0, 0.1) is 0 Å². The third-order valence-corrected chi connectivity index (χ3v) is 3.39. The number of aromatic hydroxyl groups is 2. The second-order valence-electron chi connectivity index (χ2n) is 4.85. The fraction of sp³-hybridized carbons (Fsp3) is 0.176. The van der Waals surface area contributed by atoms with E-state index in [0.29, 0.717) is 0 Å². The molecule has 0 aromatic heterocycles. The fourth-order valence-corrected chi connectivity index (χ4v) is 2.11. The lowest BCUT2D eigenvalue weighted by Crippen LogP contribution is -2.06. The smallest absolute Gasteiger partial charge is 0.197 e. The van der Waals surface area contributed by atoms with Crippen molar-refractivity contribution in [2.75, 3.05) is 14.2 Å². The quantitative estimate of drug-likeness (QED) is 0.823. The summed E-state index contributed by atoms with van der Waals surface area (Å²) in [5, 5.41) is 19.8. The number of carbonyl (C=O) groups excluding carboxylic acids is 2. The second kappa shape index (κ2) is 6.39. The van der Waals surface area contributed by atoms with Crippen molar-refractivity contribution in [2.45, 2.75) is 6.92 Å². The molecule has 2 aromatic rings. The molecule has 0 fully saturated rings. The van der Waals surface area contributed by atoms with E-state index in [-0.39, 0.29) is 45.5 Å². The van der Waals surface area contributed by atoms with E-state index in [1.807, 2.05) is 0 Å². The number of methoxy groups -OCH3 is 2. The third kappa shape index (κ3) is 3.11. The summed E-state index contributed by atoms with van der Waals surface area (Å²) < 4.78 is 9.97. The van der Waals surface area contributed by atoms with E-state index in [2.05, 4.69) is 0 Å². The van der Waals surface area contributed by atoms with Crippen LogP contribution < -0.4 is 9.47 Å². The number of ketones is 2. The molecule has 6 nitrogen and oxygen atoms in total. The van der Waals surface area contributed by atoms with Crippen molar-refractivity contribution < 1.29 is 29.3 Å². The van der Waals surface area contributed by atoms with Crippen LogP contribution in [0.2, 0.25) is 0 Å². The lowest BCUT2D eigenvalue weighted by atomic mass is 9.98. The number of hydrogen-bond acceptors (Lipinski definition) is 6. The van der Waals surface area contributed by atoms with Gasteiger partial charge in [0.25, 0.3) is 0 Å². The van der Waals surface area contributed by atoms with E-state index in [1.165, 1.54) is 51.5 Å². The largest absolute Gasteiger partial charge is 0.504 e. The molecule has 0 radical (unpaired) electrons. The first kappa shape index (κ1) is 16.4. The van der Waals surface area contributed by atoms with Crippen molar-refractivity contribution in [3.63, 3.8) is 0 Å². The molecule has 0 unspecified atom stereocenters. The zero-order valence-electron chi connectivity index (χ0n) is 12.9. The van der Waals surface area contributed by atoms with E-state index in [1.54, 1.807) is 0 Å². The third-order valence-electron chi connectivity index (χ3n) is 3.39. The highest BCUT2D eigenvalue weighted by Gasteiger charge is 2.20. The second-order valence-corrected chi connectivity index (χ2v) is 4.85. The molecule has 0 aliphatic heterocycles. The van der Waals surface area contributed by atoms with E-state index in [4.69, 9.17) is 9.47 Å². The van der Waals surface area contributed by atoms with Gasteiger partial charge in [-0.05, 0) is 37.3 Å². The summed E-state index contributed by atoms with van der Waals surface area (Å²) in [6, 6.07) is 6.74. The molecule has 0 bridgehead atoms. The number of carbonyl (C=O) groups is 2. The molecule has 2 rings (SSSR count). The van der Waals surface area contributed by atoms with Crippen molar-refractivity contribution in [3.05, 3.63) is 47.0 Å². The molecular formula is C17H16O6. The van der Waals surface area contributed by atoms with Gasteiger partial charge in [-0.1, -0.05) is 0 Å². The number of Topliss-reactive ketones (excluding diaryl/α,β-unsaturated/α-hetero) is 1. The Morgan fingerprint density at radius 1 is 0.913 bits per heavy atom. The van der Waals surface area contributed by atoms with Crippen molar-refractivity contribution in [3.8, 4) is 23.0 Å². The SMILES string of the molecule is COc1cc(C(=O)c2cc(C(C)=O)cc(OC)c2O)ccc1O. The van der Waals surface area contributed by atoms with Crippen LogP contribution in [0.4, 0.5) is 0 Å². The minimum absolute atomic E-state index is 0.0341. The fourth-order valence-electron chi connectivity index (χ4n) is 2.11. The van der Waals surface area contributed by atoms with Crippen molar-refractivity contribution in [2.24, 2.45) is 0 Å². The lowest BCUT2D eigenvalue weighted by Gasteiger charge is -2.11. The minimum Gasteiger partial charge on any atom is -0.504 e. The molecule has 2 aromatic carbocycles. The maximum atomic E-state index is 12.6. The molecule has 120 valence electrons. The van der Waals surface area contributed by atoms with Crippen LogP contribution in [0.1, 0.15) is 33.2 Å². The summed E-state index contributed by atoms with van der Waals surface area (Å²) in [7, 11) is 2.69. The number of phenols is 2. The molecule has 0 atom stereocenters. The highest BCUT2D eigenvalue weighted by Crippen LogP contribution is 2.34. The van der Waals surface area contributed by atoms with Crippen LogP contribution in [0.15, 0.2) is 30.3 Å². The van der Waals surface area contributed by atoms with Gasteiger partial charge in [-0.3, -0.25) is 9.59 Å². The van der Waals surface area contributed by atoms with Crippen LogP contribution in [0.3, 0.4) is 0 Å². The first-order valence-corrected chi connectivity index (χ1v) is 6.72. The minimum atomic E-state index is -0.526. The number of phenolic OH excluding ortho intramolecular Hbond substituents is 2. The van der Waals surface area contributed by atoms with Gasteiger partial charge in [0.2, 0.25) is 0 Å². The van der Waals surface area contributed by atoms with Gasteiger partial charge in [-0.15, -0.1) is 0 Å². The molecule has 0 saturated carbocycles. The molecule has 0 saturated heterocycles. The average Bonchev–Trinajstić information content (AvgIpc) is 2.54. The van der Waals surface area contributed by atoms with Gasteiger partial charge in [0.15, 0.2) is 34.6 Å². The maximum Gasteiger partial charge on any atom is 0.197 e. The Bertz CT molecular complexity index is 779. The van der Waals surface area contributed by atoms with Gasteiger partial charge in [0.05, 0.1) is 19.8 Å².